The van der Waals surface area contributed by atoms with E-state index in [9.17, 15) is 9.18 Å². The summed E-state index contributed by atoms with van der Waals surface area (Å²) >= 11 is 9.27. The van der Waals surface area contributed by atoms with Crippen LogP contribution in [0, 0.1) is 12.7 Å². The Balaban J connectivity index is 1.96. The van der Waals surface area contributed by atoms with Gasteiger partial charge in [-0.15, -0.1) is 0 Å². The van der Waals surface area contributed by atoms with Crippen LogP contribution in [0.4, 0.5) is 10.2 Å². The summed E-state index contributed by atoms with van der Waals surface area (Å²) < 4.78 is 15.5. The van der Waals surface area contributed by atoms with E-state index in [2.05, 4.69) is 26.3 Å². The van der Waals surface area contributed by atoms with Gasteiger partial charge >= 0.3 is 0 Å². The highest BCUT2D eigenvalue weighted by molar-refractivity contribution is 9.10. The maximum Gasteiger partial charge on any atom is 0.258 e. The minimum absolute atomic E-state index is 0.200. The van der Waals surface area contributed by atoms with Crippen molar-refractivity contribution in [3.05, 3.63) is 75.1 Å². The van der Waals surface area contributed by atoms with Gasteiger partial charge in [0.1, 0.15) is 11.6 Å². The summed E-state index contributed by atoms with van der Waals surface area (Å²) in [5.41, 5.74) is 1.64. The number of nitrogens with zero attached hydrogens (tertiary/aromatic N) is 2. The molecular weight excluding hydrogens is 397 g/mol. The largest absolute Gasteiger partial charge is 0.306 e. The smallest absolute Gasteiger partial charge is 0.258 e. The SMILES string of the molecule is Cc1cc(NC(=O)c2cc(F)ccc2Br)n(-c2cccc(Cl)c2)n1. The number of benzene rings is 2. The third kappa shape index (κ3) is 3.49. The van der Waals surface area contributed by atoms with Crippen molar-refractivity contribution in [2.75, 3.05) is 5.32 Å². The number of halogens is 3. The van der Waals surface area contributed by atoms with Crippen LogP contribution in [0.15, 0.2) is 53.0 Å². The first-order valence-electron chi connectivity index (χ1n) is 7.03. The van der Waals surface area contributed by atoms with Crippen LogP contribution in [-0.2, 0) is 0 Å². The number of hydrogen-bond acceptors (Lipinski definition) is 2. The van der Waals surface area contributed by atoms with E-state index in [0.717, 1.165) is 5.69 Å². The van der Waals surface area contributed by atoms with Gasteiger partial charge in [0.25, 0.3) is 5.91 Å². The normalized spacial score (nSPS) is 10.7. The third-order valence-electron chi connectivity index (χ3n) is 3.30. The molecule has 0 saturated carbocycles. The Hall–Kier alpha value is -2.18. The van der Waals surface area contributed by atoms with Crippen molar-refractivity contribution in [1.29, 1.82) is 0 Å². The van der Waals surface area contributed by atoms with Gasteiger partial charge in [-0.1, -0.05) is 17.7 Å². The lowest BCUT2D eigenvalue weighted by Gasteiger charge is -2.10. The Morgan fingerprint density at radius 2 is 2.04 bits per heavy atom. The van der Waals surface area contributed by atoms with E-state index in [4.69, 9.17) is 11.6 Å². The summed E-state index contributed by atoms with van der Waals surface area (Å²) in [5.74, 6) is -0.455. The average Bonchev–Trinajstić information content (AvgIpc) is 2.90. The monoisotopic (exact) mass is 407 g/mol. The Morgan fingerprint density at radius 3 is 2.79 bits per heavy atom. The number of carbonyl (C=O) groups is 1. The number of rotatable bonds is 3. The first kappa shape index (κ1) is 16.7. The lowest BCUT2D eigenvalue weighted by Crippen LogP contribution is -2.16. The maximum atomic E-state index is 13.4. The number of nitrogens with one attached hydrogen (secondary N) is 1. The fourth-order valence-electron chi connectivity index (χ4n) is 2.25. The Labute approximate surface area is 151 Å². The van der Waals surface area contributed by atoms with Gasteiger partial charge in [-0.25, -0.2) is 9.07 Å². The molecule has 2 aromatic carbocycles. The zero-order chi connectivity index (χ0) is 17.3. The van der Waals surface area contributed by atoms with E-state index in [1.165, 1.54) is 18.2 Å². The summed E-state index contributed by atoms with van der Waals surface area (Å²) in [6, 6.07) is 12.8. The van der Waals surface area contributed by atoms with Crippen molar-refractivity contribution in [2.45, 2.75) is 6.92 Å². The summed E-state index contributed by atoms with van der Waals surface area (Å²) in [4.78, 5) is 12.5. The zero-order valence-corrected chi connectivity index (χ0v) is 14.9. The fourth-order valence-corrected chi connectivity index (χ4v) is 2.86. The Bertz CT molecular complexity index is 926. The molecule has 7 heteroatoms. The lowest BCUT2D eigenvalue weighted by atomic mass is 10.2. The molecule has 0 bridgehead atoms. The maximum absolute atomic E-state index is 13.4. The van der Waals surface area contributed by atoms with Crippen molar-refractivity contribution in [3.8, 4) is 5.69 Å². The minimum atomic E-state index is -0.483. The van der Waals surface area contributed by atoms with E-state index in [-0.39, 0.29) is 5.56 Å². The number of carbonyl (C=O) groups excluding carboxylic acids is 1. The lowest BCUT2D eigenvalue weighted by molar-refractivity contribution is 0.102. The van der Waals surface area contributed by atoms with E-state index >= 15 is 0 Å². The van der Waals surface area contributed by atoms with Crippen LogP contribution in [0.3, 0.4) is 0 Å². The fraction of sp³-hybridized carbons (Fsp3) is 0.0588. The van der Waals surface area contributed by atoms with Gasteiger partial charge in [0.05, 0.1) is 16.9 Å². The molecule has 1 N–H and O–H groups in total. The highest BCUT2D eigenvalue weighted by atomic mass is 79.9. The number of anilines is 1. The van der Waals surface area contributed by atoms with Crippen molar-refractivity contribution in [3.63, 3.8) is 0 Å². The van der Waals surface area contributed by atoms with Crippen LogP contribution in [0.25, 0.3) is 5.69 Å². The number of aryl methyl sites for hydroxylation is 1. The van der Waals surface area contributed by atoms with Gasteiger partial charge in [-0.05, 0) is 59.3 Å². The molecule has 1 amide bonds. The van der Waals surface area contributed by atoms with Gasteiger partial charge < -0.3 is 5.32 Å². The zero-order valence-electron chi connectivity index (χ0n) is 12.6. The molecular formula is C17H12BrClFN3O. The first-order valence-corrected chi connectivity index (χ1v) is 8.20. The van der Waals surface area contributed by atoms with Gasteiger partial charge in [0.2, 0.25) is 0 Å². The molecule has 0 fully saturated rings. The molecule has 0 unspecified atom stereocenters. The summed E-state index contributed by atoms with van der Waals surface area (Å²) in [5, 5.41) is 7.68. The molecule has 1 heterocycles. The molecule has 0 radical (unpaired) electrons. The quantitative estimate of drug-likeness (QED) is 0.664. The van der Waals surface area contributed by atoms with Gasteiger partial charge in [-0.2, -0.15) is 5.10 Å². The molecule has 3 rings (SSSR count). The summed E-state index contributed by atoms with van der Waals surface area (Å²) in [7, 11) is 0. The van der Waals surface area contributed by atoms with Gasteiger partial charge in [-0.3, -0.25) is 4.79 Å². The number of hydrogen-bond donors (Lipinski definition) is 1. The Kier molecular flexibility index (Phi) is 4.69. The van der Waals surface area contributed by atoms with Crippen LogP contribution in [0.5, 0.6) is 0 Å². The minimum Gasteiger partial charge on any atom is -0.306 e. The second-order valence-corrected chi connectivity index (χ2v) is 6.43. The predicted octanol–water partition coefficient (Wildman–Crippen LogP) is 4.99. The van der Waals surface area contributed by atoms with Crippen LogP contribution >= 0.6 is 27.5 Å². The van der Waals surface area contributed by atoms with Crippen LogP contribution < -0.4 is 5.32 Å². The second kappa shape index (κ2) is 6.75. The molecule has 122 valence electrons. The van der Waals surface area contributed by atoms with Crippen molar-refractivity contribution in [1.82, 2.24) is 9.78 Å². The van der Waals surface area contributed by atoms with Crippen LogP contribution in [-0.4, -0.2) is 15.7 Å². The average molecular weight is 409 g/mol. The van der Waals surface area contributed by atoms with Crippen LogP contribution in [0.1, 0.15) is 16.1 Å². The van der Waals surface area contributed by atoms with E-state index in [0.29, 0.717) is 21.0 Å². The van der Waals surface area contributed by atoms with Gasteiger partial charge in [0, 0.05) is 15.6 Å². The Morgan fingerprint density at radius 1 is 1.25 bits per heavy atom. The molecule has 0 aliphatic rings. The molecule has 1 aromatic heterocycles. The summed E-state index contributed by atoms with van der Waals surface area (Å²) in [6.45, 7) is 1.81. The highest BCUT2D eigenvalue weighted by Crippen LogP contribution is 2.23. The topological polar surface area (TPSA) is 46.9 Å². The molecule has 0 aliphatic heterocycles. The first-order chi connectivity index (χ1) is 11.4. The van der Waals surface area contributed by atoms with E-state index in [1.54, 1.807) is 28.9 Å². The third-order valence-corrected chi connectivity index (χ3v) is 4.23. The predicted molar refractivity (Wildman–Crippen MR) is 95.4 cm³/mol. The van der Waals surface area contributed by atoms with Crippen LogP contribution in [0.2, 0.25) is 5.02 Å². The van der Waals surface area contributed by atoms with E-state index in [1.807, 2.05) is 13.0 Å². The number of aromatic nitrogens is 2. The number of amides is 1. The molecule has 3 aromatic rings. The van der Waals surface area contributed by atoms with Crippen molar-refractivity contribution in [2.24, 2.45) is 0 Å². The molecule has 0 aliphatic carbocycles. The summed E-state index contributed by atoms with van der Waals surface area (Å²) in [6.07, 6.45) is 0. The van der Waals surface area contributed by atoms with Crippen molar-refractivity contribution >= 4 is 39.3 Å². The molecule has 24 heavy (non-hydrogen) atoms. The standard InChI is InChI=1S/C17H12BrClFN3O/c1-10-7-16(23(22-10)13-4-2-3-11(19)8-13)21-17(24)14-9-12(20)5-6-15(14)18/h2-9H,1H3,(H,21,24). The molecule has 0 spiro atoms. The molecule has 4 nitrogen and oxygen atoms in total. The van der Waals surface area contributed by atoms with E-state index < -0.39 is 11.7 Å². The molecule has 0 saturated heterocycles. The molecule has 0 atom stereocenters. The van der Waals surface area contributed by atoms with Crippen molar-refractivity contribution < 1.29 is 9.18 Å². The van der Waals surface area contributed by atoms with Gasteiger partial charge in [0.15, 0.2) is 0 Å². The highest BCUT2D eigenvalue weighted by Gasteiger charge is 2.15. The second-order valence-electron chi connectivity index (χ2n) is 5.14.